The molecule has 2 aromatic rings. The molecule has 1 saturated heterocycles. The number of rotatable bonds is 4. The quantitative estimate of drug-likeness (QED) is 0.829. The predicted molar refractivity (Wildman–Crippen MR) is 92.6 cm³/mol. The Morgan fingerprint density at radius 3 is 2.38 bits per heavy atom. The van der Waals surface area contributed by atoms with Gasteiger partial charge in [0, 0.05) is 49.0 Å². The normalized spacial score (nSPS) is 16.3. The molecule has 0 bridgehead atoms. The fourth-order valence-corrected chi connectivity index (χ4v) is 5.49. The Morgan fingerprint density at radius 2 is 1.79 bits per heavy atom. The molecule has 1 fully saturated rings. The van der Waals surface area contributed by atoms with Crippen LogP contribution in [-0.2, 0) is 16.4 Å². The first-order valence-electron chi connectivity index (χ1n) is 7.80. The third-order valence-electron chi connectivity index (χ3n) is 4.03. The van der Waals surface area contributed by atoms with E-state index in [1.54, 1.807) is 35.5 Å². The molecular weight excluding hydrogens is 346 g/mol. The molecule has 0 aromatic carbocycles. The molecule has 0 atom stereocenters. The lowest BCUT2D eigenvalue weighted by Crippen LogP contribution is -2.50. The van der Waals surface area contributed by atoms with Gasteiger partial charge in [-0.2, -0.15) is 4.31 Å². The molecule has 2 aromatic heterocycles. The molecule has 1 aliphatic rings. The van der Waals surface area contributed by atoms with Crippen molar-refractivity contribution in [2.75, 3.05) is 26.2 Å². The fraction of sp³-hybridized carbons (Fsp3) is 0.375. The van der Waals surface area contributed by atoms with Crippen molar-refractivity contribution in [2.24, 2.45) is 0 Å². The topological polar surface area (TPSA) is 70.6 Å². The van der Waals surface area contributed by atoms with Gasteiger partial charge in [0.15, 0.2) is 0 Å². The number of amides is 1. The number of thiophene rings is 1. The average Bonchev–Trinajstić information content (AvgIpc) is 3.12. The molecule has 3 heterocycles. The van der Waals surface area contributed by atoms with Crippen LogP contribution in [0.5, 0.6) is 0 Å². The van der Waals surface area contributed by atoms with Crippen LogP contribution in [0.2, 0.25) is 0 Å². The zero-order valence-corrected chi connectivity index (χ0v) is 15.0. The summed E-state index contributed by atoms with van der Waals surface area (Å²) in [4.78, 5) is 19.0. The Kier molecular flexibility index (Phi) is 4.98. The van der Waals surface area contributed by atoms with Crippen molar-refractivity contribution in [1.29, 1.82) is 0 Å². The van der Waals surface area contributed by atoms with Crippen LogP contribution < -0.4 is 0 Å². The minimum absolute atomic E-state index is 0.0844. The molecule has 24 heavy (non-hydrogen) atoms. The van der Waals surface area contributed by atoms with Crippen LogP contribution >= 0.6 is 11.3 Å². The van der Waals surface area contributed by atoms with Gasteiger partial charge in [-0.15, -0.1) is 11.3 Å². The lowest BCUT2D eigenvalue weighted by Gasteiger charge is -2.33. The van der Waals surface area contributed by atoms with Gasteiger partial charge in [-0.05, 0) is 30.7 Å². The second-order valence-corrected chi connectivity index (χ2v) is 8.84. The standard InChI is InChI=1S/C16H19N3O3S2/c1-2-14-3-4-15(23-14)24(21,22)19-11-9-18(10-12-19)16(20)13-5-7-17-8-6-13/h3-8H,2,9-12H2,1H3. The van der Waals surface area contributed by atoms with E-state index in [0.717, 1.165) is 11.3 Å². The molecule has 0 N–H and O–H groups in total. The van der Waals surface area contributed by atoms with Gasteiger partial charge in [0.25, 0.3) is 15.9 Å². The van der Waals surface area contributed by atoms with E-state index in [0.29, 0.717) is 36.0 Å². The third-order valence-corrected chi connectivity index (χ3v) is 7.63. The number of hydrogen-bond donors (Lipinski definition) is 0. The van der Waals surface area contributed by atoms with Crippen molar-refractivity contribution in [3.8, 4) is 0 Å². The number of carbonyl (C=O) groups excluding carboxylic acids is 1. The number of aromatic nitrogens is 1. The fourth-order valence-electron chi connectivity index (χ4n) is 2.62. The van der Waals surface area contributed by atoms with Crippen LogP contribution in [0.1, 0.15) is 22.2 Å². The molecule has 0 spiro atoms. The summed E-state index contributed by atoms with van der Waals surface area (Å²) in [5, 5.41) is 0. The molecule has 0 aliphatic carbocycles. The second kappa shape index (κ2) is 7.00. The largest absolute Gasteiger partial charge is 0.336 e. The minimum Gasteiger partial charge on any atom is -0.336 e. The second-order valence-electron chi connectivity index (χ2n) is 5.51. The smallest absolute Gasteiger partial charge is 0.254 e. The van der Waals surface area contributed by atoms with Gasteiger partial charge in [-0.3, -0.25) is 9.78 Å². The van der Waals surface area contributed by atoms with Crippen molar-refractivity contribution in [3.63, 3.8) is 0 Å². The molecule has 1 amide bonds. The van der Waals surface area contributed by atoms with E-state index in [-0.39, 0.29) is 5.91 Å². The zero-order chi connectivity index (χ0) is 17.2. The van der Waals surface area contributed by atoms with Crippen molar-refractivity contribution >= 4 is 27.3 Å². The maximum absolute atomic E-state index is 12.7. The highest BCUT2D eigenvalue weighted by atomic mass is 32.2. The molecule has 128 valence electrons. The summed E-state index contributed by atoms with van der Waals surface area (Å²) in [5.74, 6) is -0.0844. The van der Waals surface area contributed by atoms with E-state index >= 15 is 0 Å². The van der Waals surface area contributed by atoms with Gasteiger partial charge in [-0.25, -0.2) is 8.42 Å². The maximum Gasteiger partial charge on any atom is 0.254 e. The molecule has 0 radical (unpaired) electrons. The van der Waals surface area contributed by atoms with Crippen LogP contribution in [-0.4, -0.2) is 54.7 Å². The minimum atomic E-state index is -3.46. The number of sulfonamides is 1. The molecule has 0 unspecified atom stereocenters. The molecule has 1 aliphatic heterocycles. The van der Waals surface area contributed by atoms with Crippen LogP contribution in [0, 0.1) is 0 Å². The summed E-state index contributed by atoms with van der Waals surface area (Å²) in [6.45, 7) is 3.43. The van der Waals surface area contributed by atoms with E-state index in [2.05, 4.69) is 4.98 Å². The Bertz CT molecular complexity index is 810. The van der Waals surface area contributed by atoms with E-state index in [9.17, 15) is 13.2 Å². The molecule has 8 heteroatoms. The van der Waals surface area contributed by atoms with Gasteiger partial charge in [0.05, 0.1) is 0 Å². The maximum atomic E-state index is 12.7. The van der Waals surface area contributed by atoms with Gasteiger partial charge in [-0.1, -0.05) is 6.92 Å². The summed E-state index contributed by atoms with van der Waals surface area (Å²) < 4.78 is 27.2. The zero-order valence-electron chi connectivity index (χ0n) is 13.4. The Labute approximate surface area is 145 Å². The van der Waals surface area contributed by atoms with Gasteiger partial charge in [0.1, 0.15) is 4.21 Å². The van der Waals surface area contributed by atoms with E-state index < -0.39 is 10.0 Å². The highest BCUT2D eigenvalue weighted by Crippen LogP contribution is 2.26. The summed E-state index contributed by atoms with van der Waals surface area (Å²) in [6, 6.07) is 6.88. The van der Waals surface area contributed by atoms with Crippen molar-refractivity contribution in [2.45, 2.75) is 17.6 Å². The number of carbonyl (C=O) groups is 1. The summed E-state index contributed by atoms with van der Waals surface area (Å²) in [6.07, 6.45) is 3.99. The van der Waals surface area contributed by atoms with E-state index in [1.165, 1.54) is 15.6 Å². The van der Waals surface area contributed by atoms with Crippen LogP contribution in [0.15, 0.2) is 40.9 Å². The summed E-state index contributed by atoms with van der Waals surface area (Å²) in [5.41, 5.74) is 0.576. The van der Waals surface area contributed by atoms with Crippen molar-refractivity contribution < 1.29 is 13.2 Å². The Balaban J connectivity index is 1.67. The van der Waals surface area contributed by atoms with Crippen LogP contribution in [0.4, 0.5) is 0 Å². The van der Waals surface area contributed by atoms with Crippen molar-refractivity contribution in [1.82, 2.24) is 14.2 Å². The SMILES string of the molecule is CCc1ccc(S(=O)(=O)N2CCN(C(=O)c3ccncc3)CC2)s1. The average molecular weight is 365 g/mol. The molecule has 3 rings (SSSR count). The van der Waals surface area contributed by atoms with E-state index in [4.69, 9.17) is 0 Å². The van der Waals surface area contributed by atoms with Gasteiger partial charge < -0.3 is 4.90 Å². The molecular formula is C16H19N3O3S2. The summed E-state index contributed by atoms with van der Waals surface area (Å²) >= 11 is 1.32. The van der Waals surface area contributed by atoms with Crippen LogP contribution in [0.3, 0.4) is 0 Å². The molecule has 6 nitrogen and oxygen atoms in total. The first-order valence-corrected chi connectivity index (χ1v) is 10.1. The highest BCUT2D eigenvalue weighted by molar-refractivity contribution is 7.91. The van der Waals surface area contributed by atoms with Crippen molar-refractivity contribution in [3.05, 3.63) is 47.1 Å². The Morgan fingerprint density at radius 1 is 1.12 bits per heavy atom. The van der Waals surface area contributed by atoms with Gasteiger partial charge >= 0.3 is 0 Å². The number of aryl methyl sites for hydroxylation is 1. The first-order chi connectivity index (χ1) is 11.5. The third kappa shape index (κ3) is 3.35. The van der Waals surface area contributed by atoms with E-state index in [1.807, 2.05) is 13.0 Å². The first kappa shape index (κ1) is 17.1. The Hall–Kier alpha value is -1.77. The van der Waals surface area contributed by atoms with Gasteiger partial charge in [0.2, 0.25) is 0 Å². The predicted octanol–water partition coefficient (Wildman–Crippen LogP) is 1.85. The number of pyridine rings is 1. The highest BCUT2D eigenvalue weighted by Gasteiger charge is 2.31. The monoisotopic (exact) mass is 365 g/mol. The molecule has 0 saturated carbocycles. The number of nitrogens with zero attached hydrogens (tertiary/aromatic N) is 3. The number of hydrogen-bond acceptors (Lipinski definition) is 5. The lowest BCUT2D eigenvalue weighted by atomic mass is 10.2. The number of piperazine rings is 1. The van der Waals surface area contributed by atoms with Crippen LogP contribution in [0.25, 0.3) is 0 Å². The summed E-state index contributed by atoms with van der Waals surface area (Å²) in [7, 11) is -3.46. The lowest BCUT2D eigenvalue weighted by molar-refractivity contribution is 0.0698.